The average Bonchev–Trinajstić information content (AvgIpc) is 2.61. The molecule has 0 aliphatic carbocycles. The van der Waals surface area contributed by atoms with Crippen molar-refractivity contribution < 1.29 is 9.53 Å². The van der Waals surface area contributed by atoms with Gasteiger partial charge in [-0.2, -0.15) is 0 Å². The van der Waals surface area contributed by atoms with Gasteiger partial charge in [-0.25, -0.2) is 0 Å². The molecule has 1 saturated heterocycles. The summed E-state index contributed by atoms with van der Waals surface area (Å²) in [6.45, 7) is 1.49. The van der Waals surface area contributed by atoms with Gasteiger partial charge in [0.2, 0.25) is 5.91 Å². The normalized spacial score (nSPS) is 20.2. The van der Waals surface area contributed by atoms with Crippen LogP contribution in [-0.2, 0) is 11.3 Å². The molecule has 3 nitrogen and oxygen atoms in total. The molecular formula is C12H14BrNO2. The van der Waals surface area contributed by atoms with E-state index in [4.69, 9.17) is 4.74 Å². The van der Waals surface area contributed by atoms with Crippen LogP contribution in [0.15, 0.2) is 24.3 Å². The minimum absolute atomic E-state index is 0.00175. The number of hydrogen-bond donors (Lipinski definition) is 0. The van der Waals surface area contributed by atoms with Crippen molar-refractivity contribution in [3.8, 4) is 5.75 Å². The molecule has 0 aromatic heterocycles. The molecule has 86 valence electrons. The fourth-order valence-electron chi connectivity index (χ4n) is 1.85. The van der Waals surface area contributed by atoms with E-state index in [1.54, 1.807) is 7.11 Å². The van der Waals surface area contributed by atoms with E-state index in [0.29, 0.717) is 6.54 Å². The number of halogens is 1. The van der Waals surface area contributed by atoms with Gasteiger partial charge in [-0.15, -0.1) is 0 Å². The molecule has 4 heteroatoms. The minimum atomic E-state index is -0.00175. The van der Waals surface area contributed by atoms with Crippen LogP contribution in [0.1, 0.15) is 12.0 Å². The Hall–Kier alpha value is -1.03. The third-order valence-corrected chi connectivity index (χ3v) is 3.59. The van der Waals surface area contributed by atoms with Crippen LogP contribution >= 0.6 is 15.9 Å². The first-order valence-corrected chi connectivity index (χ1v) is 6.18. The predicted octanol–water partition coefficient (Wildman–Crippen LogP) is 2.19. The predicted molar refractivity (Wildman–Crippen MR) is 65.7 cm³/mol. The lowest BCUT2D eigenvalue weighted by Crippen LogP contribution is -2.26. The Balaban J connectivity index is 2.06. The lowest BCUT2D eigenvalue weighted by atomic mass is 10.2. The van der Waals surface area contributed by atoms with Gasteiger partial charge in [0, 0.05) is 13.1 Å². The van der Waals surface area contributed by atoms with E-state index in [0.717, 1.165) is 24.3 Å². The van der Waals surface area contributed by atoms with Crippen molar-refractivity contribution >= 4 is 21.8 Å². The van der Waals surface area contributed by atoms with E-state index in [1.807, 2.05) is 29.2 Å². The molecule has 1 fully saturated rings. The van der Waals surface area contributed by atoms with Gasteiger partial charge in [0.25, 0.3) is 0 Å². The first-order valence-electron chi connectivity index (χ1n) is 5.26. The van der Waals surface area contributed by atoms with Crippen molar-refractivity contribution in [1.82, 2.24) is 4.90 Å². The van der Waals surface area contributed by atoms with Gasteiger partial charge >= 0.3 is 0 Å². The zero-order valence-electron chi connectivity index (χ0n) is 9.15. The van der Waals surface area contributed by atoms with Crippen molar-refractivity contribution in [2.45, 2.75) is 17.8 Å². The van der Waals surface area contributed by atoms with E-state index >= 15 is 0 Å². The molecule has 0 radical (unpaired) electrons. The van der Waals surface area contributed by atoms with Gasteiger partial charge in [0.1, 0.15) is 5.75 Å². The highest BCUT2D eigenvalue weighted by Crippen LogP contribution is 2.21. The summed E-state index contributed by atoms with van der Waals surface area (Å²) >= 11 is 3.37. The largest absolute Gasteiger partial charge is 0.497 e. The Morgan fingerprint density at radius 2 is 2.38 bits per heavy atom. The summed E-state index contributed by atoms with van der Waals surface area (Å²) in [7, 11) is 1.65. The highest BCUT2D eigenvalue weighted by Gasteiger charge is 2.29. The summed E-state index contributed by atoms with van der Waals surface area (Å²) in [6, 6.07) is 7.83. The van der Waals surface area contributed by atoms with Crippen LogP contribution in [0.2, 0.25) is 0 Å². The fourth-order valence-corrected chi connectivity index (χ4v) is 2.34. The van der Waals surface area contributed by atoms with Gasteiger partial charge in [0.15, 0.2) is 0 Å². The summed E-state index contributed by atoms with van der Waals surface area (Å²) in [6.07, 6.45) is 0.892. The Morgan fingerprint density at radius 1 is 1.56 bits per heavy atom. The maximum atomic E-state index is 11.7. The molecule has 16 heavy (non-hydrogen) atoms. The first-order chi connectivity index (χ1) is 7.70. The van der Waals surface area contributed by atoms with Crippen LogP contribution in [0.3, 0.4) is 0 Å². The van der Waals surface area contributed by atoms with Gasteiger partial charge in [-0.3, -0.25) is 4.79 Å². The number of rotatable bonds is 3. The smallest absolute Gasteiger partial charge is 0.236 e. The van der Waals surface area contributed by atoms with E-state index in [9.17, 15) is 4.79 Å². The molecule has 0 saturated carbocycles. The Bertz CT molecular complexity index is 394. The Morgan fingerprint density at radius 3 is 3.00 bits per heavy atom. The molecule has 0 unspecified atom stereocenters. The number of methoxy groups -OCH3 is 1. The van der Waals surface area contributed by atoms with Crippen molar-refractivity contribution in [1.29, 1.82) is 0 Å². The quantitative estimate of drug-likeness (QED) is 0.796. The zero-order valence-corrected chi connectivity index (χ0v) is 10.7. The number of benzene rings is 1. The first kappa shape index (κ1) is 11.5. The SMILES string of the molecule is COc1cccc(CN2CC[C@H](Br)C2=O)c1. The van der Waals surface area contributed by atoms with Crippen molar-refractivity contribution in [3.63, 3.8) is 0 Å². The van der Waals surface area contributed by atoms with Crippen LogP contribution < -0.4 is 4.74 Å². The monoisotopic (exact) mass is 283 g/mol. The van der Waals surface area contributed by atoms with Crippen molar-refractivity contribution in [3.05, 3.63) is 29.8 Å². The number of carbonyl (C=O) groups excluding carboxylic acids is 1. The van der Waals surface area contributed by atoms with Crippen LogP contribution in [-0.4, -0.2) is 29.3 Å². The maximum absolute atomic E-state index is 11.7. The standard InChI is InChI=1S/C12H14BrNO2/c1-16-10-4-2-3-9(7-10)8-14-6-5-11(13)12(14)15/h2-4,7,11H,5-6,8H2,1H3/t11-/m0/s1. The van der Waals surface area contributed by atoms with Gasteiger partial charge in [-0.1, -0.05) is 28.1 Å². The molecule has 1 aliphatic heterocycles. The number of hydrogen-bond acceptors (Lipinski definition) is 2. The molecule has 1 atom stereocenters. The van der Waals surface area contributed by atoms with Crippen LogP contribution in [0.4, 0.5) is 0 Å². The topological polar surface area (TPSA) is 29.5 Å². The number of likely N-dealkylation sites (tertiary alicyclic amines) is 1. The molecule has 1 aromatic carbocycles. The average molecular weight is 284 g/mol. The lowest BCUT2D eigenvalue weighted by Gasteiger charge is -2.16. The highest BCUT2D eigenvalue weighted by molar-refractivity contribution is 9.10. The second-order valence-electron chi connectivity index (χ2n) is 3.87. The van der Waals surface area contributed by atoms with E-state index in [2.05, 4.69) is 15.9 Å². The van der Waals surface area contributed by atoms with E-state index < -0.39 is 0 Å². The number of amides is 1. The zero-order chi connectivity index (χ0) is 11.5. The minimum Gasteiger partial charge on any atom is -0.497 e. The molecule has 1 aliphatic rings. The van der Waals surface area contributed by atoms with Crippen molar-refractivity contribution in [2.24, 2.45) is 0 Å². The highest BCUT2D eigenvalue weighted by atomic mass is 79.9. The Labute approximate surface area is 104 Å². The van der Waals surface area contributed by atoms with Gasteiger partial charge in [0.05, 0.1) is 11.9 Å². The van der Waals surface area contributed by atoms with Crippen LogP contribution in [0.5, 0.6) is 5.75 Å². The summed E-state index contributed by atoms with van der Waals surface area (Å²) in [5.74, 6) is 1.02. The molecule has 0 spiro atoms. The van der Waals surface area contributed by atoms with Gasteiger partial charge in [-0.05, 0) is 24.1 Å². The maximum Gasteiger partial charge on any atom is 0.236 e. The fraction of sp³-hybridized carbons (Fsp3) is 0.417. The molecular weight excluding hydrogens is 270 g/mol. The number of alkyl halides is 1. The van der Waals surface area contributed by atoms with Crippen LogP contribution in [0.25, 0.3) is 0 Å². The summed E-state index contributed by atoms with van der Waals surface area (Å²) in [4.78, 5) is 13.6. The van der Waals surface area contributed by atoms with E-state index in [-0.39, 0.29) is 10.7 Å². The molecule has 0 N–H and O–H groups in total. The van der Waals surface area contributed by atoms with Crippen LogP contribution in [0, 0.1) is 0 Å². The number of carbonyl (C=O) groups is 1. The number of ether oxygens (including phenoxy) is 1. The van der Waals surface area contributed by atoms with Gasteiger partial charge < -0.3 is 9.64 Å². The summed E-state index contributed by atoms with van der Waals surface area (Å²) in [5, 5.41) is 0. The molecule has 1 aromatic rings. The second kappa shape index (κ2) is 4.87. The molecule has 2 rings (SSSR count). The summed E-state index contributed by atoms with van der Waals surface area (Å²) < 4.78 is 5.15. The third-order valence-electron chi connectivity index (χ3n) is 2.74. The second-order valence-corrected chi connectivity index (χ2v) is 4.97. The number of nitrogens with zero attached hydrogens (tertiary/aromatic N) is 1. The van der Waals surface area contributed by atoms with E-state index in [1.165, 1.54) is 0 Å². The molecule has 0 bridgehead atoms. The summed E-state index contributed by atoms with van der Waals surface area (Å²) in [5.41, 5.74) is 1.11. The molecule has 1 amide bonds. The van der Waals surface area contributed by atoms with Crippen molar-refractivity contribution in [2.75, 3.05) is 13.7 Å². The third kappa shape index (κ3) is 2.38. The lowest BCUT2D eigenvalue weighted by molar-refractivity contribution is -0.127. The Kier molecular flexibility index (Phi) is 3.49. The molecule has 1 heterocycles.